The highest BCUT2D eigenvalue weighted by molar-refractivity contribution is 5.51. The minimum Gasteiger partial charge on any atom is -0.497 e. The molecule has 0 amide bonds. The maximum atomic E-state index is 9.95. The van der Waals surface area contributed by atoms with Crippen molar-refractivity contribution < 1.29 is 9.84 Å². The molecule has 1 aromatic carbocycles. The van der Waals surface area contributed by atoms with Gasteiger partial charge in [0.1, 0.15) is 5.75 Å². The second-order valence-electron chi connectivity index (χ2n) is 5.42. The van der Waals surface area contributed by atoms with E-state index in [1.54, 1.807) is 7.11 Å². The normalized spacial score (nSPS) is 23.5. The van der Waals surface area contributed by atoms with Crippen molar-refractivity contribution in [3.8, 4) is 5.75 Å². The minimum absolute atomic E-state index is 0.0542. The van der Waals surface area contributed by atoms with E-state index in [1.807, 2.05) is 18.2 Å². The van der Waals surface area contributed by atoms with Gasteiger partial charge in [0, 0.05) is 30.3 Å². The zero-order valence-electron chi connectivity index (χ0n) is 10.8. The number of ether oxygens (including phenoxy) is 1. The summed E-state index contributed by atoms with van der Waals surface area (Å²) in [6, 6.07) is 8.10. The highest BCUT2D eigenvalue weighted by Crippen LogP contribution is 2.32. The lowest BCUT2D eigenvalue weighted by atomic mass is 9.81. The van der Waals surface area contributed by atoms with Crippen LogP contribution in [0.3, 0.4) is 0 Å². The lowest BCUT2D eigenvalue weighted by Gasteiger charge is -2.43. The monoisotopic (exact) mass is 235 g/mol. The van der Waals surface area contributed by atoms with Crippen LogP contribution in [0.2, 0.25) is 0 Å². The molecule has 1 unspecified atom stereocenters. The van der Waals surface area contributed by atoms with Crippen molar-refractivity contribution in [1.82, 2.24) is 0 Å². The lowest BCUT2D eigenvalue weighted by molar-refractivity contribution is 0.0336. The van der Waals surface area contributed by atoms with E-state index >= 15 is 0 Å². The lowest BCUT2D eigenvalue weighted by Crippen LogP contribution is -2.48. The molecule has 0 bridgehead atoms. The number of nitrogens with zero attached hydrogens (tertiary/aromatic N) is 1. The minimum atomic E-state index is -0.204. The average molecular weight is 235 g/mol. The van der Waals surface area contributed by atoms with E-state index in [9.17, 15) is 5.11 Å². The van der Waals surface area contributed by atoms with Gasteiger partial charge in [0.15, 0.2) is 0 Å². The van der Waals surface area contributed by atoms with Gasteiger partial charge in [0.05, 0.1) is 13.2 Å². The van der Waals surface area contributed by atoms with Crippen molar-refractivity contribution >= 4 is 5.69 Å². The molecule has 94 valence electrons. The number of hydrogen-bond donors (Lipinski definition) is 1. The molecule has 1 saturated heterocycles. The standard InChI is InChI=1S/C14H21NO2/c1-14(2)10-15(8-7-13(14)16)11-5-4-6-12(9-11)17-3/h4-6,9,13,16H,7-8,10H2,1-3H3. The summed E-state index contributed by atoms with van der Waals surface area (Å²) >= 11 is 0. The van der Waals surface area contributed by atoms with Gasteiger partial charge in [-0.3, -0.25) is 0 Å². The predicted molar refractivity (Wildman–Crippen MR) is 69.6 cm³/mol. The Morgan fingerprint density at radius 2 is 2.18 bits per heavy atom. The van der Waals surface area contributed by atoms with Gasteiger partial charge in [0.25, 0.3) is 0 Å². The molecule has 1 heterocycles. The third-order valence-electron chi connectivity index (χ3n) is 3.59. The molecule has 1 aliphatic rings. The Kier molecular flexibility index (Phi) is 3.29. The average Bonchev–Trinajstić information content (AvgIpc) is 2.32. The van der Waals surface area contributed by atoms with Crippen LogP contribution in [0.15, 0.2) is 24.3 Å². The Bertz CT molecular complexity index is 390. The number of rotatable bonds is 2. The van der Waals surface area contributed by atoms with Crippen LogP contribution in [0.5, 0.6) is 5.75 Å². The fourth-order valence-electron chi connectivity index (χ4n) is 2.37. The van der Waals surface area contributed by atoms with E-state index in [0.717, 1.165) is 25.3 Å². The van der Waals surface area contributed by atoms with Crippen molar-refractivity contribution in [1.29, 1.82) is 0 Å². The van der Waals surface area contributed by atoms with Crippen LogP contribution in [0.1, 0.15) is 20.3 Å². The highest BCUT2D eigenvalue weighted by atomic mass is 16.5. The van der Waals surface area contributed by atoms with Crippen LogP contribution >= 0.6 is 0 Å². The smallest absolute Gasteiger partial charge is 0.120 e. The fraction of sp³-hybridized carbons (Fsp3) is 0.571. The molecule has 3 nitrogen and oxygen atoms in total. The van der Waals surface area contributed by atoms with Crippen molar-refractivity contribution in [2.45, 2.75) is 26.4 Å². The fourth-order valence-corrected chi connectivity index (χ4v) is 2.37. The maximum absolute atomic E-state index is 9.95. The molecule has 1 atom stereocenters. The van der Waals surface area contributed by atoms with Crippen molar-refractivity contribution in [2.75, 3.05) is 25.1 Å². The molecule has 2 rings (SSSR count). The van der Waals surface area contributed by atoms with Crippen molar-refractivity contribution in [2.24, 2.45) is 5.41 Å². The molecular weight excluding hydrogens is 214 g/mol. The first-order chi connectivity index (χ1) is 8.03. The molecule has 1 aliphatic heterocycles. The molecule has 17 heavy (non-hydrogen) atoms. The van der Waals surface area contributed by atoms with E-state index in [0.29, 0.717) is 0 Å². The summed E-state index contributed by atoms with van der Waals surface area (Å²) in [6.45, 7) is 6.01. The SMILES string of the molecule is COc1cccc(N2CCC(O)C(C)(C)C2)c1. The van der Waals surface area contributed by atoms with Gasteiger partial charge < -0.3 is 14.7 Å². The summed E-state index contributed by atoms with van der Waals surface area (Å²) in [5.41, 5.74) is 1.12. The zero-order valence-corrected chi connectivity index (χ0v) is 10.8. The van der Waals surface area contributed by atoms with Crippen LogP contribution in [0.4, 0.5) is 5.69 Å². The summed E-state index contributed by atoms with van der Waals surface area (Å²) in [5, 5.41) is 9.95. The second-order valence-corrected chi connectivity index (χ2v) is 5.42. The Hall–Kier alpha value is -1.22. The van der Waals surface area contributed by atoms with E-state index < -0.39 is 0 Å². The first kappa shape index (κ1) is 12.2. The van der Waals surface area contributed by atoms with Gasteiger partial charge in [-0.2, -0.15) is 0 Å². The first-order valence-corrected chi connectivity index (χ1v) is 6.10. The van der Waals surface area contributed by atoms with Crippen molar-refractivity contribution in [3.05, 3.63) is 24.3 Å². The van der Waals surface area contributed by atoms with E-state index in [2.05, 4.69) is 24.8 Å². The van der Waals surface area contributed by atoms with Gasteiger partial charge in [-0.05, 0) is 18.6 Å². The molecule has 0 radical (unpaired) electrons. The third-order valence-corrected chi connectivity index (χ3v) is 3.59. The number of benzene rings is 1. The van der Waals surface area contributed by atoms with Crippen LogP contribution in [-0.2, 0) is 0 Å². The summed E-state index contributed by atoms with van der Waals surface area (Å²) in [4.78, 5) is 2.31. The number of anilines is 1. The number of aliphatic hydroxyl groups excluding tert-OH is 1. The van der Waals surface area contributed by atoms with Gasteiger partial charge >= 0.3 is 0 Å². The Morgan fingerprint density at radius 1 is 1.41 bits per heavy atom. The molecule has 0 aromatic heterocycles. The second kappa shape index (κ2) is 4.57. The zero-order chi connectivity index (χ0) is 12.5. The molecule has 1 N–H and O–H groups in total. The first-order valence-electron chi connectivity index (χ1n) is 6.10. The van der Waals surface area contributed by atoms with Gasteiger partial charge in [0.2, 0.25) is 0 Å². The molecule has 0 saturated carbocycles. The Labute approximate surface area is 103 Å². The van der Waals surface area contributed by atoms with Crippen molar-refractivity contribution in [3.63, 3.8) is 0 Å². The van der Waals surface area contributed by atoms with Gasteiger partial charge in [-0.15, -0.1) is 0 Å². The third kappa shape index (κ3) is 2.55. The molecule has 0 aliphatic carbocycles. The molecule has 1 aromatic rings. The topological polar surface area (TPSA) is 32.7 Å². The van der Waals surface area contributed by atoms with E-state index in [-0.39, 0.29) is 11.5 Å². The van der Waals surface area contributed by atoms with Crippen LogP contribution in [-0.4, -0.2) is 31.4 Å². The van der Waals surface area contributed by atoms with Crippen LogP contribution < -0.4 is 9.64 Å². The maximum Gasteiger partial charge on any atom is 0.120 e. The number of methoxy groups -OCH3 is 1. The summed E-state index contributed by atoms with van der Waals surface area (Å²) < 4.78 is 5.24. The van der Waals surface area contributed by atoms with E-state index in [1.165, 1.54) is 5.69 Å². The predicted octanol–water partition coefficient (Wildman–Crippen LogP) is 2.29. The quantitative estimate of drug-likeness (QED) is 0.853. The molecule has 0 spiro atoms. The largest absolute Gasteiger partial charge is 0.497 e. The number of hydrogen-bond acceptors (Lipinski definition) is 3. The highest BCUT2D eigenvalue weighted by Gasteiger charge is 2.34. The Morgan fingerprint density at radius 3 is 2.82 bits per heavy atom. The number of piperidine rings is 1. The molecule has 1 fully saturated rings. The summed E-state index contributed by atoms with van der Waals surface area (Å²) in [7, 11) is 1.68. The molecule has 3 heteroatoms. The van der Waals surface area contributed by atoms with Crippen LogP contribution in [0, 0.1) is 5.41 Å². The Balaban J connectivity index is 2.17. The van der Waals surface area contributed by atoms with E-state index in [4.69, 9.17) is 4.74 Å². The summed E-state index contributed by atoms with van der Waals surface area (Å²) in [6.07, 6.45) is 0.619. The summed E-state index contributed by atoms with van der Waals surface area (Å²) in [5.74, 6) is 0.881. The van der Waals surface area contributed by atoms with Crippen LogP contribution in [0.25, 0.3) is 0 Å². The number of aliphatic hydroxyl groups is 1. The molecular formula is C14H21NO2. The van der Waals surface area contributed by atoms with Gasteiger partial charge in [-0.25, -0.2) is 0 Å². The van der Waals surface area contributed by atoms with Gasteiger partial charge in [-0.1, -0.05) is 19.9 Å².